The van der Waals surface area contributed by atoms with Crippen LogP contribution in [0, 0.1) is 5.41 Å². The number of benzene rings is 1. The smallest absolute Gasteiger partial charge is 0.226 e. The number of hydrogen-bond donors (Lipinski definition) is 1. The molecule has 2 aromatic rings. The average Bonchev–Trinajstić information content (AvgIpc) is 3.03. The van der Waals surface area contributed by atoms with Gasteiger partial charge in [-0.25, -0.2) is 4.98 Å². The molecule has 3 rings (SSSR count). The minimum Gasteiger partial charge on any atom is -0.493 e. The lowest BCUT2D eigenvalue weighted by Crippen LogP contribution is -2.19. The second-order valence-electron chi connectivity index (χ2n) is 6.74. The number of carbonyl (C=O) groups is 1. The molecule has 0 aliphatic carbocycles. The number of thiazole rings is 1. The molecule has 1 amide bonds. The van der Waals surface area contributed by atoms with Crippen molar-refractivity contribution >= 4 is 22.4 Å². The second-order valence-corrected chi connectivity index (χ2v) is 7.60. The zero-order chi connectivity index (χ0) is 15.7. The molecule has 1 aromatic heterocycles. The van der Waals surface area contributed by atoms with Crippen molar-refractivity contribution < 1.29 is 9.53 Å². The Labute approximate surface area is 134 Å². The number of anilines is 1. The van der Waals surface area contributed by atoms with Gasteiger partial charge >= 0.3 is 0 Å². The molecule has 2 heterocycles. The summed E-state index contributed by atoms with van der Waals surface area (Å²) >= 11 is 1.46. The number of nitrogens with one attached hydrogen (secondary N) is 1. The highest BCUT2D eigenvalue weighted by molar-refractivity contribution is 7.14. The summed E-state index contributed by atoms with van der Waals surface area (Å²) in [5.74, 6) is 0.980. The minimum absolute atomic E-state index is 0.00996. The Balaban J connectivity index is 1.72. The number of nitrogens with zero attached hydrogens (tertiary/aromatic N) is 1. The van der Waals surface area contributed by atoms with Crippen LogP contribution in [0.2, 0.25) is 0 Å². The first-order valence-corrected chi connectivity index (χ1v) is 8.30. The predicted molar refractivity (Wildman–Crippen MR) is 89.5 cm³/mol. The third-order valence-corrected chi connectivity index (χ3v) is 4.18. The van der Waals surface area contributed by atoms with Crippen molar-refractivity contribution in [3.8, 4) is 17.0 Å². The number of fused-ring (bicyclic) bond motifs is 1. The topological polar surface area (TPSA) is 51.2 Å². The van der Waals surface area contributed by atoms with Gasteiger partial charge in [-0.1, -0.05) is 20.8 Å². The summed E-state index contributed by atoms with van der Waals surface area (Å²) in [6, 6.07) is 6.13. The van der Waals surface area contributed by atoms with Gasteiger partial charge < -0.3 is 10.1 Å². The van der Waals surface area contributed by atoms with Gasteiger partial charge in [-0.15, -0.1) is 11.3 Å². The zero-order valence-electron chi connectivity index (χ0n) is 13.1. The van der Waals surface area contributed by atoms with E-state index < -0.39 is 0 Å². The maximum atomic E-state index is 12.0. The summed E-state index contributed by atoms with van der Waals surface area (Å²) in [4.78, 5) is 16.5. The van der Waals surface area contributed by atoms with Crippen LogP contribution < -0.4 is 10.1 Å². The van der Waals surface area contributed by atoms with Gasteiger partial charge in [0.1, 0.15) is 5.75 Å². The van der Waals surface area contributed by atoms with E-state index in [0.717, 1.165) is 30.0 Å². The molecule has 0 fully saturated rings. The fourth-order valence-electron chi connectivity index (χ4n) is 2.45. The van der Waals surface area contributed by atoms with E-state index >= 15 is 0 Å². The molecule has 0 unspecified atom stereocenters. The van der Waals surface area contributed by atoms with Crippen molar-refractivity contribution in [1.29, 1.82) is 0 Å². The van der Waals surface area contributed by atoms with E-state index in [1.165, 1.54) is 16.9 Å². The standard InChI is InChI=1S/C17H20N2O2S/c1-17(2,3)9-15(20)19-16-18-13(10-22-16)11-4-5-14-12(8-11)6-7-21-14/h4-5,8,10H,6-7,9H2,1-3H3,(H,18,19,20). The van der Waals surface area contributed by atoms with Crippen molar-refractivity contribution in [3.63, 3.8) is 0 Å². The van der Waals surface area contributed by atoms with Gasteiger partial charge in [0.15, 0.2) is 5.13 Å². The van der Waals surface area contributed by atoms with Gasteiger partial charge in [-0.3, -0.25) is 4.79 Å². The van der Waals surface area contributed by atoms with Crippen molar-refractivity contribution in [3.05, 3.63) is 29.1 Å². The van der Waals surface area contributed by atoms with Gasteiger partial charge in [0.2, 0.25) is 5.91 Å². The molecule has 1 aromatic carbocycles. The lowest BCUT2D eigenvalue weighted by atomic mass is 9.92. The fraction of sp³-hybridized carbons (Fsp3) is 0.412. The van der Waals surface area contributed by atoms with E-state index in [1.54, 1.807) is 0 Å². The van der Waals surface area contributed by atoms with E-state index in [2.05, 4.69) is 16.4 Å². The summed E-state index contributed by atoms with van der Waals surface area (Å²) < 4.78 is 5.52. The largest absolute Gasteiger partial charge is 0.493 e. The first-order chi connectivity index (χ1) is 10.4. The molecule has 5 heteroatoms. The lowest BCUT2D eigenvalue weighted by molar-refractivity contribution is -0.117. The zero-order valence-corrected chi connectivity index (χ0v) is 13.9. The van der Waals surface area contributed by atoms with E-state index in [4.69, 9.17) is 4.74 Å². The molecule has 0 saturated heterocycles. The van der Waals surface area contributed by atoms with Crippen LogP contribution in [0.3, 0.4) is 0 Å². The summed E-state index contributed by atoms with van der Waals surface area (Å²) in [5, 5.41) is 5.51. The predicted octanol–water partition coefficient (Wildman–Crippen LogP) is 4.12. The van der Waals surface area contributed by atoms with E-state index in [-0.39, 0.29) is 11.3 Å². The molecule has 4 nitrogen and oxygen atoms in total. The van der Waals surface area contributed by atoms with Crippen LogP contribution >= 0.6 is 11.3 Å². The van der Waals surface area contributed by atoms with Crippen molar-refractivity contribution in [2.24, 2.45) is 5.41 Å². The average molecular weight is 316 g/mol. The molecule has 1 aliphatic rings. The highest BCUT2D eigenvalue weighted by Crippen LogP contribution is 2.32. The van der Waals surface area contributed by atoms with Crippen LogP contribution in [-0.2, 0) is 11.2 Å². The Morgan fingerprint density at radius 1 is 1.41 bits per heavy atom. The Bertz CT molecular complexity index is 701. The van der Waals surface area contributed by atoms with Crippen molar-refractivity contribution in [2.45, 2.75) is 33.6 Å². The number of amides is 1. The quantitative estimate of drug-likeness (QED) is 0.926. The molecule has 0 spiro atoms. The first kappa shape index (κ1) is 15.0. The number of ether oxygens (including phenoxy) is 1. The Morgan fingerprint density at radius 2 is 2.23 bits per heavy atom. The summed E-state index contributed by atoms with van der Waals surface area (Å²) in [6.45, 7) is 6.90. The van der Waals surface area contributed by atoms with Crippen LogP contribution in [0.5, 0.6) is 5.75 Å². The van der Waals surface area contributed by atoms with Crippen LogP contribution in [0.15, 0.2) is 23.6 Å². The molecule has 0 radical (unpaired) electrons. The van der Waals surface area contributed by atoms with Crippen LogP contribution in [-0.4, -0.2) is 17.5 Å². The van der Waals surface area contributed by atoms with Crippen LogP contribution in [0.4, 0.5) is 5.13 Å². The third kappa shape index (κ3) is 3.47. The highest BCUT2D eigenvalue weighted by Gasteiger charge is 2.18. The fourth-order valence-corrected chi connectivity index (χ4v) is 3.19. The maximum Gasteiger partial charge on any atom is 0.226 e. The van der Waals surface area contributed by atoms with Gasteiger partial charge in [0.25, 0.3) is 0 Å². The molecular weight excluding hydrogens is 296 g/mol. The molecule has 0 atom stereocenters. The molecular formula is C17H20N2O2S. The summed E-state index contributed by atoms with van der Waals surface area (Å²) in [5.41, 5.74) is 3.16. The maximum absolute atomic E-state index is 12.0. The SMILES string of the molecule is CC(C)(C)CC(=O)Nc1nc(-c2ccc3c(c2)CCO3)cs1. The Hall–Kier alpha value is -1.88. The first-order valence-electron chi connectivity index (χ1n) is 7.42. The number of hydrogen-bond acceptors (Lipinski definition) is 4. The molecule has 22 heavy (non-hydrogen) atoms. The summed E-state index contributed by atoms with van der Waals surface area (Å²) in [6.07, 6.45) is 1.43. The third-order valence-electron chi connectivity index (χ3n) is 3.43. The van der Waals surface area contributed by atoms with E-state index in [9.17, 15) is 4.79 Å². The van der Waals surface area contributed by atoms with Gasteiger partial charge in [-0.2, -0.15) is 0 Å². The Morgan fingerprint density at radius 3 is 3.00 bits per heavy atom. The lowest BCUT2D eigenvalue weighted by Gasteiger charge is -2.16. The van der Waals surface area contributed by atoms with Crippen LogP contribution in [0.1, 0.15) is 32.8 Å². The normalized spacial score (nSPS) is 13.6. The second kappa shape index (κ2) is 5.72. The summed E-state index contributed by atoms with van der Waals surface area (Å²) in [7, 11) is 0. The molecule has 116 valence electrons. The number of rotatable bonds is 3. The molecule has 1 N–H and O–H groups in total. The van der Waals surface area contributed by atoms with Crippen molar-refractivity contribution in [2.75, 3.05) is 11.9 Å². The Kier molecular flexibility index (Phi) is 3.91. The number of carbonyl (C=O) groups excluding carboxylic acids is 1. The van der Waals surface area contributed by atoms with Gasteiger partial charge in [-0.05, 0) is 29.2 Å². The molecule has 1 aliphatic heterocycles. The number of aromatic nitrogens is 1. The van der Waals surface area contributed by atoms with E-state index in [0.29, 0.717) is 11.6 Å². The van der Waals surface area contributed by atoms with Gasteiger partial charge in [0.05, 0.1) is 12.3 Å². The van der Waals surface area contributed by atoms with Gasteiger partial charge in [0, 0.05) is 23.8 Å². The van der Waals surface area contributed by atoms with E-state index in [1.807, 2.05) is 38.3 Å². The minimum atomic E-state index is -0.0237. The molecule has 0 bridgehead atoms. The van der Waals surface area contributed by atoms with Crippen molar-refractivity contribution in [1.82, 2.24) is 4.98 Å². The molecule has 0 saturated carbocycles. The van der Waals surface area contributed by atoms with Crippen LogP contribution in [0.25, 0.3) is 11.3 Å². The highest BCUT2D eigenvalue weighted by atomic mass is 32.1. The monoisotopic (exact) mass is 316 g/mol.